The van der Waals surface area contributed by atoms with Gasteiger partial charge >= 0.3 is 5.69 Å². The standard InChI is InChI=1S/C13H13N3O5/c1-2-3-12-14-13(21-15-12)8-20-11-6-9(7-17)4-5-10(11)16(18)19/h4-7H,2-3,8H2,1H3. The van der Waals surface area contributed by atoms with E-state index in [1.807, 2.05) is 6.92 Å². The van der Waals surface area contributed by atoms with Crippen LogP contribution in [0.25, 0.3) is 0 Å². The lowest BCUT2D eigenvalue weighted by atomic mass is 10.2. The molecule has 0 amide bonds. The molecule has 0 bridgehead atoms. The molecule has 2 aromatic rings. The molecule has 21 heavy (non-hydrogen) atoms. The number of aldehydes is 1. The van der Waals surface area contributed by atoms with Gasteiger partial charge in [-0.1, -0.05) is 12.1 Å². The minimum atomic E-state index is -0.583. The van der Waals surface area contributed by atoms with Crippen molar-refractivity contribution in [3.63, 3.8) is 0 Å². The summed E-state index contributed by atoms with van der Waals surface area (Å²) >= 11 is 0. The van der Waals surface area contributed by atoms with Gasteiger partial charge in [-0.25, -0.2) is 0 Å². The first kappa shape index (κ1) is 14.6. The minimum absolute atomic E-state index is 0.0140. The van der Waals surface area contributed by atoms with Gasteiger partial charge in [0.1, 0.15) is 6.29 Å². The van der Waals surface area contributed by atoms with Crippen LogP contribution in [-0.4, -0.2) is 21.4 Å². The fourth-order valence-corrected chi connectivity index (χ4v) is 1.68. The number of hydrogen-bond donors (Lipinski definition) is 0. The van der Waals surface area contributed by atoms with Gasteiger partial charge in [-0.2, -0.15) is 4.98 Å². The molecule has 8 nitrogen and oxygen atoms in total. The fraction of sp³-hybridized carbons (Fsp3) is 0.308. The lowest BCUT2D eigenvalue weighted by Gasteiger charge is -2.04. The molecule has 1 aromatic heterocycles. The van der Waals surface area contributed by atoms with Crippen molar-refractivity contribution < 1.29 is 19.0 Å². The van der Waals surface area contributed by atoms with E-state index < -0.39 is 4.92 Å². The van der Waals surface area contributed by atoms with Crippen molar-refractivity contribution in [3.05, 3.63) is 45.6 Å². The highest BCUT2D eigenvalue weighted by atomic mass is 16.6. The van der Waals surface area contributed by atoms with Gasteiger partial charge in [0.25, 0.3) is 5.89 Å². The van der Waals surface area contributed by atoms with Crippen LogP contribution in [0.1, 0.15) is 35.4 Å². The lowest BCUT2D eigenvalue weighted by molar-refractivity contribution is -0.386. The zero-order valence-corrected chi connectivity index (χ0v) is 11.3. The van der Waals surface area contributed by atoms with E-state index in [1.165, 1.54) is 18.2 Å². The van der Waals surface area contributed by atoms with Gasteiger partial charge in [-0.05, 0) is 18.6 Å². The lowest BCUT2D eigenvalue weighted by Crippen LogP contribution is -2.00. The van der Waals surface area contributed by atoms with E-state index in [4.69, 9.17) is 9.26 Å². The summed E-state index contributed by atoms with van der Waals surface area (Å²) in [6.45, 7) is 1.89. The molecule has 1 aromatic carbocycles. The van der Waals surface area contributed by atoms with Crippen molar-refractivity contribution in [2.24, 2.45) is 0 Å². The van der Waals surface area contributed by atoms with E-state index in [1.54, 1.807) is 0 Å². The van der Waals surface area contributed by atoms with E-state index in [2.05, 4.69) is 10.1 Å². The van der Waals surface area contributed by atoms with Crippen LogP contribution in [0.2, 0.25) is 0 Å². The van der Waals surface area contributed by atoms with Crippen LogP contribution in [-0.2, 0) is 13.0 Å². The predicted octanol–water partition coefficient (Wildman–Crippen LogP) is 2.32. The first-order valence-electron chi connectivity index (χ1n) is 6.32. The molecule has 0 spiro atoms. The number of ether oxygens (including phenoxy) is 1. The monoisotopic (exact) mass is 291 g/mol. The average molecular weight is 291 g/mol. The summed E-state index contributed by atoms with van der Waals surface area (Å²) in [6.07, 6.45) is 2.15. The van der Waals surface area contributed by atoms with Gasteiger partial charge < -0.3 is 9.26 Å². The van der Waals surface area contributed by atoms with E-state index in [0.29, 0.717) is 18.5 Å². The van der Waals surface area contributed by atoms with Crippen molar-refractivity contribution in [1.82, 2.24) is 10.1 Å². The van der Waals surface area contributed by atoms with Crippen LogP contribution in [0.5, 0.6) is 5.75 Å². The molecule has 0 aliphatic carbocycles. The summed E-state index contributed by atoms with van der Waals surface area (Å²) in [5.74, 6) is 0.774. The molecule has 0 unspecified atom stereocenters. The Labute approximate surface area is 119 Å². The molecule has 110 valence electrons. The summed E-state index contributed by atoms with van der Waals surface area (Å²) < 4.78 is 10.3. The van der Waals surface area contributed by atoms with Gasteiger partial charge in [0.15, 0.2) is 18.2 Å². The molecule has 1 heterocycles. The molecule has 0 aliphatic rings. The molecule has 0 saturated heterocycles. The highest BCUT2D eigenvalue weighted by Crippen LogP contribution is 2.28. The van der Waals surface area contributed by atoms with E-state index in [-0.39, 0.29) is 29.5 Å². The number of nitro groups is 1. The highest BCUT2D eigenvalue weighted by molar-refractivity contribution is 5.76. The van der Waals surface area contributed by atoms with Gasteiger partial charge in [-0.15, -0.1) is 0 Å². The quantitative estimate of drug-likeness (QED) is 0.437. The normalized spacial score (nSPS) is 10.3. The first-order valence-corrected chi connectivity index (χ1v) is 6.32. The topological polar surface area (TPSA) is 108 Å². The molecule has 0 radical (unpaired) electrons. The third-order valence-electron chi connectivity index (χ3n) is 2.65. The van der Waals surface area contributed by atoms with Crippen molar-refractivity contribution in [2.75, 3.05) is 0 Å². The van der Waals surface area contributed by atoms with Crippen molar-refractivity contribution >= 4 is 12.0 Å². The van der Waals surface area contributed by atoms with Crippen LogP contribution in [0.3, 0.4) is 0 Å². The summed E-state index contributed by atoms with van der Waals surface area (Å²) in [7, 11) is 0. The van der Waals surface area contributed by atoms with Crippen LogP contribution in [0, 0.1) is 10.1 Å². The maximum Gasteiger partial charge on any atom is 0.310 e. The van der Waals surface area contributed by atoms with Gasteiger partial charge in [0.05, 0.1) is 4.92 Å². The van der Waals surface area contributed by atoms with Crippen LogP contribution in [0.15, 0.2) is 22.7 Å². The Morgan fingerprint density at radius 1 is 1.48 bits per heavy atom. The number of nitro benzene ring substituents is 1. The number of hydrogen-bond acceptors (Lipinski definition) is 7. The Hall–Kier alpha value is -2.77. The Balaban J connectivity index is 2.13. The van der Waals surface area contributed by atoms with E-state index in [0.717, 1.165) is 6.42 Å². The van der Waals surface area contributed by atoms with Crippen molar-refractivity contribution in [1.29, 1.82) is 0 Å². The minimum Gasteiger partial charge on any atom is -0.477 e. The Morgan fingerprint density at radius 2 is 2.29 bits per heavy atom. The predicted molar refractivity (Wildman–Crippen MR) is 71.1 cm³/mol. The number of aromatic nitrogens is 2. The second-order valence-corrected chi connectivity index (χ2v) is 4.25. The molecular weight excluding hydrogens is 278 g/mol. The second kappa shape index (κ2) is 6.60. The molecule has 0 N–H and O–H groups in total. The fourth-order valence-electron chi connectivity index (χ4n) is 1.68. The second-order valence-electron chi connectivity index (χ2n) is 4.25. The van der Waals surface area contributed by atoms with E-state index >= 15 is 0 Å². The molecule has 0 aliphatic heterocycles. The Bertz CT molecular complexity index is 653. The number of rotatable bonds is 7. The SMILES string of the molecule is CCCc1noc(COc2cc(C=O)ccc2[N+](=O)[O-])n1. The maximum atomic E-state index is 10.9. The summed E-state index contributed by atoms with van der Waals surface area (Å²) in [5, 5.41) is 14.7. The van der Waals surface area contributed by atoms with Crippen molar-refractivity contribution in [3.8, 4) is 5.75 Å². The average Bonchev–Trinajstić information content (AvgIpc) is 2.92. The van der Waals surface area contributed by atoms with Crippen molar-refractivity contribution in [2.45, 2.75) is 26.4 Å². The zero-order valence-electron chi connectivity index (χ0n) is 11.3. The van der Waals surface area contributed by atoms with E-state index in [9.17, 15) is 14.9 Å². The van der Waals surface area contributed by atoms with Gasteiger partial charge in [0, 0.05) is 18.1 Å². The summed E-state index contributed by atoms with van der Waals surface area (Å²) in [5.41, 5.74) is 0.0571. The van der Waals surface area contributed by atoms with Crippen LogP contribution in [0.4, 0.5) is 5.69 Å². The summed E-state index contributed by atoms with van der Waals surface area (Å²) in [4.78, 5) is 25.1. The number of benzene rings is 1. The molecule has 0 atom stereocenters. The number of aryl methyl sites for hydroxylation is 1. The smallest absolute Gasteiger partial charge is 0.310 e. The third-order valence-corrected chi connectivity index (χ3v) is 2.65. The highest BCUT2D eigenvalue weighted by Gasteiger charge is 2.17. The Morgan fingerprint density at radius 3 is 2.95 bits per heavy atom. The molecule has 2 rings (SSSR count). The van der Waals surface area contributed by atoms with Crippen LogP contribution >= 0.6 is 0 Å². The number of carbonyl (C=O) groups excluding carboxylic acids is 1. The van der Waals surface area contributed by atoms with Crippen LogP contribution < -0.4 is 4.74 Å². The Kier molecular flexibility index (Phi) is 4.60. The molecular formula is C13H13N3O5. The van der Waals surface area contributed by atoms with Gasteiger partial charge in [0.2, 0.25) is 0 Å². The summed E-state index contributed by atoms with van der Waals surface area (Å²) in [6, 6.07) is 3.87. The number of nitrogens with zero attached hydrogens (tertiary/aromatic N) is 3. The molecule has 0 fully saturated rings. The van der Waals surface area contributed by atoms with Gasteiger partial charge in [-0.3, -0.25) is 14.9 Å². The first-order chi connectivity index (χ1) is 10.1. The maximum absolute atomic E-state index is 10.9. The molecule has 8 heteroatoms. The zero-order chi connectivity index (χ0) is 15.2. The molecule has 0 saturated carbocycles. The largest absolute Gasteiger partial charge is 0.477 e. The number of carbonyl (C=O) groups is 1. The third kappa shape index (κ3) is 3.62.